The van der Waals surface area contributed by atoms with Gasteiger partial charge in [0.15, 0.2) is 0 Å². The van der Waals surface area contributed by atoms with E-state index >= 15 is 0 Å². The molecule has 6 heteroatoms. The van der Waals surface area contributed by atoms with E-state index in [1.54, 1.807) is 17.0 Å². The summed E-state index contributed by atoms with van der Waals surface area (Å²) in [4.78, 5) is 13.6. The van der Waals surface area contributed by atoms with Gasteiger partial charge in [-0.15, -0.1) is 0 Å². The number of carbonyl (C=O) groups excluding carboxylic acids is 1. The van der Waals surface area contributed by atoms with Crippen LogP contribution in [0.2, 0.25) is 10.0 Å². The average molecular weight is 304 g/mol. The van der Waals surface area contributed by atoms with Crippen LogP contribution in [0.25, 0.3) is 0 Å². The maximum Gasteiger partial charge on any atom is 0.224 e. The Bertz CT molecular complexity index is 425. The second-order valence-corrected chi connectivity index (χ2v) is 4.92. The van der Waals surface area contributed by atoms with Crippen molar-refractivity contribution in [1.82, 2.24) is 4.90 Å². The van der Waals surface area contributed by atoms with Gasteiger partial charge in [0.25, 0.3) is 0 Å². The normalized spacial score (nSPS) is 10.3. The number of hydrogen-bond donors (Lipinski definition) is 2. The van der Waals surface area contributed by atoms with Crippen LogP contribution in [0, 0.1) is 0 Å². The Morgan fingerprint density at radius 2 is 1.79 bits per heavy atom. The van der Waals surface area contributed by atoms with Crippen molar-refractivity contribution in [2.45, 2.75) is 20.3 Å². The number of nitrogens with two attached hydrogens (primary N) is 1. The summed E-state index contributed by atoms with van der Waals surface area (Å²) in [6.45, 7) is 5.85. The molecule has 0 atom stereocenters. The summed E-state index contributed by atoms with van der Waals surface area (Å²) in [7, 11) is 0. The molecule has 0 fully saturated rings. The van der Waals surface area contributed by atoms with Gasteiger partial charge in [-0.1, -0.05) is 23.2 Å². The van der Waals surface area contributed by atoms with E-state index in [2.05, 4.69) is 5.32 Å². The number of nitrogens with zero attached hydrogens (tertiary/aromatic N) is 1. The Morgan fingerprint density at radius 1 is 1.26 bits per heavy atom. The molecular weight excluding hydrogens is 285 g/mol. The molecule has 1 rings (SSSR count). The molecule has 0 saturated heterocycles. The summed E-state index contributed by atoms with van der Waals surface area (Å²) in [6, 6.07) is 3.25. The molecule has 0 aliphatic heterocycles. The molecule has 1 amide bonds. The average Bonchev–Trinajstić information content (AvgIpc) is 2.34. The summed E-state index contributed by atoms with van der Waals surface area (Å²) in [6.07, 6.45) is 0.402. The Balaban J connectivity index is 2.57. The highest BCUT2D eigenvalue weighted by Crippen LogP contribution is 2.32. The fraction of sp³-hybridized carbons (Fsp3) is 0.462. The molecular formula is C13H19Cl2N3O. The molecule has 0 unspecified atom stereocenters. The molecule has 4 nitrogen and oxygen atoms in total. The number of anilines is 2. The second-order valence-electron chi connectivity index (χ2n) is 4.10. The summed E-state index contributed by atoms with van der Waals surface area (Å²) in [5.41, 5.74) is 6.75. The summed E-state index contributed by atoms with van der Waals surface area (Å²) in [5.74, 6) is 0.111. The van der Waals surface area contributed by atoms with Crippen molar-refractivity contribution >= 4 is 40.5 Å². The second kappa shape index (κ2) is 7.46. The number of nitrogen functional groups attached to an aromatic ring is 1. The first-order chi connectivity index (χ1) is 8.99. The van der Waals surface area contributed by atoms with Crippen molar-refractivity contribution < 1.29 is 4.79 Å². The molecule has 106 valence electrons. The van der Waals surface area contributed by atoms with Crippen molar-refractivity contribution in [3.05, 3.63) is 22.2 Å². The van der Waals surface area contributed by atoms with Crippen molar-refractivity contribution in [3.63, 3.8) is 0 Å². The molecule has 0 heterocycles. The van der Waals surface area contributed by atoms with Gasteiger partial charge in [0.1, 0.15) is 0 Å². The first kappa shape index (κ1) is 15.9. The fourth-order valence-electron chi connectivity index (χ4n) is 1.79. The lowest BCUT2D eigenvalue weighted by molar-refractivity contribution is -0.130. The number of nitrogens with one attached hydrogen (secondary N) is 1. The lowest BCUT2D eigenvalue weighted by Crippen LogP contribution is -2.31. The highest BCUT2D eigenvalue weighted by Gasteiger charge is 2.11. The predicted molar refractivity (Wildman–Crippen MR) is 81.9 cm³/mol. The van der Waals surface area contributed by atoms with Crippen molar-refractivity contribution in [1.29, 1.82) is 0 Å². The zero-order chi connectivity index (χ0) is 14.4. The Kier molecular flexibility index (Phi) is 6.25. The van der Waals surface area contributed by atoms with Crippen LogP contribution < -0.4 is 11.1 Å². The van der Waals surface area contributed by atoms with Crippen LogP contribution in [0.1, 0.15) is 20.3 Å². The Morgan fingerprint density at radius 3 is 2.26 bits per heavy atom. The lowest BCUT2D eigenvalue weighted by Gasteiger charge is -2.19. The van der Waals surface area contributed by atoms with Gasteiger partial charge >= 0.3 is 0 Å². The van der Waals surface area contributed by atoms with Gasteiger partial charge in [-0.3, -0.25) is 4.79 Å². The van der Waals surface area contributed by atoms with Crippen LogP contribution in [-0.4, -0.2) is 30.4 Å². The van der Waals surface area contributed by atoms with Gasteiger partial charge in [-0.25, -0.2) is 0 Å². The van der Waals surface area contributed by atoms with Crippen LogP contribution in [0.3, 0.4) is 0 Å². The van der Waals surface area contributed by atoms with Crippen molar-refractivity contribution in [3.8, 4) is 0 Å². The van der Waals surface area contributed by atoms with E-state index in [9.17, 15) is 4.79 Å². The third-order valence-electron chi connectivity index (χ3n) is 2.82. The molecule has 0 aliphatic rings. The molecule has 0 aliphatic carbocycles. The zero-order valence-corrected chi connectivity index (χ0v) is 12.7. The molecule has 0 aromatic heterocycles. The van der Waals surface area contributed by atoms with E-state index in [1.165, 1.54) is 0 Å². The zero-order valence-electron chi connectivity index (χ0n) is 11.2. The maximum absolute atomic E-state index is 11.8. The van der Waals surface area contributed by atoms with Gasteiger partial charge in [0, 0.05) is 31.7 Å². The quantitative estimate of drug-likeness (QED) is 0.793. The van der Waals surface area contributed by atoms with Gasteiger partial charge in [-0.05, 0) is 26.0 Å². The SMILES string of the molecule is CCN(CC)C(=O)CCNc1c(Cl)cc(N)cc1Cl. The molecule has 3 N–H and O–H groups in total. The number of rotatable bonds is 6. The molecule has 0 bridgehead atoms. The van der Waals surface area contributed by atoms with Gasteiger partial charge in [-0.2, -0.15) is 0 Å². The number of hydrogen-bond acceptors (Lipinski definition) is 3. The number of carbonyl (C=O) groups is 1. The van der Waals surface area contributed by atoms with Gasteiger partial charge < -0.3 is 16.0 Å². The molecule has 0 radical (unpaired) electrons. The van der Waals surface area contributed by atoms with Gasteiger partial charge in [0.2, 0.25) is 5.91 Å². The van der Waals surface area contributed by atoms with Crippen LogP contribution in [0.5, 0.6) is 0 Å². The smallest absolute Gasteiger partial charge is 0.224 e. The van der Waals surface area contributed by atoms with Crippen LogP contribution in [0.15, 0.2) is 12.1 Å². The molecule has 19 heavy (non-hydrogen) atoms. The van der Waals surface area contributed by atoms with Crippen LogP contribution in [-0.2, 0) is 4.79 Å². The van der Waals surface area contributed by atoms with Crippen molar-refractivity contribution in [2.24, 2.45) is 0 Å². The van der Waals surface area contributed by atoms with E-state index in [0.717, 1.165) is 13.1 Å². The molecule has 0 spiro atoms. The highest BCUT2D eigenvalue weighted by atomic mass is 35.5. The first-order valence-corrected chi connectivity index (χ1v) is 7.01. The summed E-state index contributed by atoms with van der Waals surface area (Å²) in [5, 5.41) is 3.99. The minimum atomic E-state index is 0.111. The van der Waals surface area contributed by atoms with E-state index in [1.807, 2.05) is 13.8 Å². The molecule has 1 aromatic carbocycles. The van der Waals surface area contributed by atoms with E-state index < -0.39 is 0 Å². The van der Waals surface area contributed by atoms with E-state index in [4.69, 9.17) is 28.9 Å². The summed E-state index contributed by atoms with van der Waals surface area (Å²) < 4.78 is 0. The number of amides is 1. The van der Waals surface area contributed by atoms with Crippen LogP contribution >= 0.6 is 23.2 Å². The third kappa shape index (κ3) is 4.48. The van der Waals surface area contributed by atoms with Crippen LogP contribution in [0.4, 0.5) is 11.4 Å². The number of benzene rings is 1. The predicted octanol–water partition coefficient (Wildman–Crippen LogP) is 3.25. The van der Waals surface area contributed by atoms with Gasteiger partial charge in [0.05, 0.1) is 15.7 Å². The Labute approximate surface area is 123 Å². The standard InChI is InChI=1S/C13H19Cl2N3O/c1-3-18(4-2)12(19)5-6-17-13-10(14)7-9(16)8-11(13)15/h7-8,17H,3-6,16H2,1-2H3. The van der Waals surface area contributed by atoms with Crippen molar-refractivity contribution in [2.75, 3.05) is 30.7 Å². The highest BCUT2D eigenvalue weighted by molar-refractivity contribution is 6.39. The summed E-state index contributed by atoms with van der Waals surface area (Å²) >= 11 is 12.1. The number of halogens is 2. The van der Waals surface area contributed by atoms with E-state index in [0.29, 0.717) is 34.4 Å². The lowest BCUT2D eigenvalue weighted by atomic mass is 10.2. The Hall–Kier alpha value is -1.13. The minimum absolute atomic E-state index is 0.111. The minimum Gasteiger partial charge on any atom is -0.399 e. The molecule has 0 saturated carbocycles. The topological polar surface area (TPSA) is 58.4 Å². The fourth-order valence-corrected chi connectivity index (χ4v) is 2.43. The largest absolute Gasteiger partial charge is 0.399 e. The maximum atomic E-state index is 11.8. The third-order valence-corrected chi connectivity index (χ3v) is 3.42. The first-order valence-electron chi connectivity index (χ1n) is 6.25. The monoisotopic (exact) mass is 303 g/mol. The molecule has 1 aromatic rings. The van der Waals surface area contributed by atoms with E-state index in [-0.39, 0.29) is 5.91 Å².